The molecule has 5 heteroatoms. The molecule has 86 valence electrons. The molecular weight excluding hydrogens is 218 g/mol. The number of hydrogen-bond acceptors (Lipinski definition) is 4. The summed E-state index contributed by atoms with van der Waals surface area (Å²) in [5.74, 6) is -1.02. The number of aromatic carboxylic acids is 1. The fourth-order valence-electron chi connectivity index (χ4n) is 1.33. The molecule has 2 N–H and O–H groups in total. The van der Waals surface area contributed by atoms with E-state index in [1.54, 1.807) is 18.5 Å². The van der Waals surface area contributed by atoms with Crippen molar-refractivity contribution in [3.8, 4) is 0 Å². The van der Waals surface area contributed by atoms with Crippen LogP contribution in [0.5, 0.6) is 0 Å². The van der Waals surface area contributed by atoms with Gasteiger partial charge in [-0.1, -0.05) is 0 Å². The highest BCUT2D eigenvalue weighted by Gasteiger charge is 2.02. The molecule has 0 radical (unpaired) electrons. The molecule has 17 heavy (non-hydrogen) atoms. The van der Waals surface area contributed by atoms with Gasteiger partial charge in [-0.2, -0.15) is 0 Å². The van der Waals surface area contributed by atoms with Crippen LogP contribution in [0.2, 0.25) is 0 Å². The molecule has 0 aliphatic rings. The van der Waals surface area contributed by atoms with Gasteiger partial charge in [-0.3, -0.25) is 4.98 Å². The molecule has 2 rings (SSSR count). The third-order valence-corrected chi connectivity index (χ3v) is 2.23. The Labute approximate surface area is 98.2 Å². The zero-order chi connectivity index (χ0) is 12.1. The van der Waals surface area contributed by atoms with Crippen molar-refractivity contribution in [3.63, 3.8) is 0 Å². The third-order valence-electron chi connectivity index (χ3n) is 2.23. The molecule has 0 amide bonds. The van der Waals surface area contributed by atoms with Crippen LogP contribution in [0, 0.1) is 0 Å². The summed E-state index contributed by atoms with van der Waals surface area (Å²) in [5, 5.41) is 11.8. The van der Waals surface area contributed by atoms with Gasteiger partial charge >= 0.3 is 5.97 Å². The summed E-state index contributed by atoms with van der Waals surface area (Å²) in [7, 11) is 0. The predicted octanol–water partition coefficient (Wildman–Crippen LogP) is 1.79. The average Bonchev–Trinajstić information content (AvgIpc) is 2.38. The Morgan fingerprint density at radius 2 is 2.00 bits per heavy atom. The number of carbonyl (C=O) groups is 1. The predicted molar refractivity (Wildman–Crippen MR) is 62.8 cm³/mol. The van der Waals surface area contributed by atoms with E-state index in [-0.39, 0.29) is 5.69 Å². The number of rotatable bonds is 4. The lowest BCUT2D eigenvalue weighted by atomic mass is 10.2. The minimum absolute atomic E-state index is 0.0412. The maximum atomic E-state index is 10.6. The van der Waals surface area contributed by atoms with Crippen molar-refractivity contribution in [3.05, 3.63) is 54.1 Å². The highest BCUT2D eigenvalue weighted by molar-refractivity contribution is 5.85. The van der Waals surface area contributed by atoms with Crippen molar-refractivity contribution in [2.75, 3.05) is 5.32 Å². The second kappa shape index (κ2) is 5.07. The number of carboxylic acid groups (broad SMARTS) is 1. The highest BCUT2D eigenvalue weighted by Crippen LogP contribution is 2.08. The summed E-state index contributed by atoms with van der Waals surface area (Å²) in [5.41, 5.74) is 1.92. The number of carboxylic acids is 1. The first-order chi connectivity index (χ1) is 8.25. The fraction of sp³-hybridized carbons (Fsp3) is 0.0833. The lowest BCUT2D eigenvalue weighted by molar-refractivity contribution is 0.0690. The first-order valence-corrected chi connectivity index (χ1v) is 5.08. The molecule has 0 bridgehead atoms. The monoisotopic (exact) mass is 229 g/mol. The van der Waals surface area contributed by atoms with Gasteiger partial charge in [-0.15, -0.1) is 0 Å². The first kappa shape index (κ1) is 11.1. The molecule has 2 aromatic heterocycles. The Bertz CT molecular complexity index is 497. The van der Waals surface area contributed by atoms with Crippen LogP contribution >= 0.6 is 0 Å². The molecule has 5 nitrogen and oxygen atoms in total. The van der Waals surface area contributed by atoms with Crippen LogP contribution in [0.15, 0.2) is 42.9 Å². The molecule has 0 atom stereocenters. The maximum absolute atomic E-state index is 10.6. The van der Waals surface area contributed by atoms with Crippen LogP contribution < -0.4 is 5.32 Å². The van der Waals surface area contributed by atoms with Crippen LogP contribution in [0.25, 0.3) is 0 Å². The van der Waals surface area contributed by atoms with E-state index in [1.165, 1.54) is 12.3 Å². The van der Waals surface area contributed by atoms with Crippen molar-refractivity contribution in [2.45, 2.75) is 6.54 Å². The summed E-state index contributed by atoms with van der Waals surface area (Å²) in [6, 6.07) is 6.98. The van der Waals surface area contributed by atoms with Gasteiger partial charge in [0.15, 0.2) is 0 Å². The highest BCUT2D eigenvalue weighted by atomic mass is 16.4. The van der Waals surface area contributed by atoms with Crippen LogP contribution in [0.1, 0.15) is 16.1 Å². The number of pyridine rings is 2. The zero-order valence-electron chi connectivity index (χ0n) is 9.00. The SMILES string of the molecule is O=C(O)c1ccc(NCc2ccncc2)cn1. The third kappa shape index (κ3) is 3.01. The van der Waals surface area contributed by atoms with Gasteiger partial charge in [0, 0.05) is 18.9 Å². The quantitative estimate of drug-likeness (QED) is 0.835. The molecule has 0 unspecified atom stereocenters. The molecule has 0 aromatic carbocycles. The van der Waals surface area contributed by atoms with E-state index < -0.39 is 5.97 Å². The van der Waals surface area contributed by atoms with Gasteiger partial charge in [0.1, 0.15) is 5.69 Å². The van der Waals surface area contributed by atoms with Crippen molar-refractivity contribution in [1.82, 2.24) is 9.97 Å². The van der Waals surface area contributed by atoms with Gasteiger partial charge in [0.25, 0.3) is 0 Å². The summed E-state index contributed by atoms with van der Waals surface area (Å²) in [6.07, 6.45) is 4.95. The molecule has 0 saturated heterocycles. The van der Waals surface area contributed by atoms with Gasteiger partial charge < -0.3 is 10.4 Å². The molecule has 0 aliphatic carbocycles. The Balaban J connectivity index is 1.98. The van der Waals surface area contributed by atoms with E-state index in [0.717, 1.165) is 11.3 Å². The molecular formula is C12H11N3O2. The van der Waals surface area contributed by atoms with E-state index in [0.29, 0.717) is 6.54 Å². The summed E-state index contributed by atoms with van der Waals surface area (Å²) < 4.78 is 0. The fourth-order valence-corrected chi connectivity index (χ4v) is 1.33. The standard InChI is InChI=1S/C12H11N3O2/c16-12(17)11-2-1-10(8-15-11)14-7-9-3-5-13-6-4-9/h1-6,8,14H,7H2,(H,16,17). The van der Waals surface area contributed by atoms with Crippen molar-refractivity contribution in [1.29, 1.82) is 0 Å². The summed E-state index contributed by atoms with van der Waals surface area (Å²) >= 11 is 0. The zero-order valence-corrected chi connectivity index (χ0v) is 9.00. The number of nitrogens with zero attached hydrogens (tertiary/aromatic N) is 2. The Morgan fingerprint density at radius 1 is 1.24 bits per heavy atom. The second-order valence-electron chi connectivity index (χ2n) is 3.45. The van der Waals surface area contributed by atoms with Crippen LogP contribution in [-0.2, 0) is 6.54 Å². The lowest BCUT2D eigenvalue weighted by Gasteiger charge is -2.05. The maximum Gasteiger partial charge on any atom is 0.354 e. The van der Waals surface area contributed by atoms with E-state index in [4.69, 9.17) is 5.11 Å². The average molecular weight is 229 g/mol. The Hall–Kier alpha value is -2.43. The Morgan fingerprint density at radius 3 is 2.59 bits per heavy atom. The van der Waals surface area contributed by atoms with E-state index in [1.807, 2.05) is 12.1 Å². The summed E-state index contributed by atoms with van der Waals surface area (Å²) in [4.78, 5) is 18.3. The largest absolute Gasteiger partial charge is 0.477 e. The topological polar surface area (TPSA) is 75.1 Å². The van der Waals surface area contributed by atoms with Gasteiger partial charge in [-0.05, 0) is 29.8 Å². The molecule has 0 spiro atoms. The van der Waals surface area contributed by atoms with Crippen LogP contribution in [0.3, 0.4) is 0 Å². The number of anilines is 1. The molecule has 2 aromatic rings. The normalized spacial score (nSPS) is 9.88. The molecule has 0 saturated carbocycles. The molecule has 2 heterocycles. The number of hydrogen-bond donors (Lipinski definition) is 2. The van der Waals surface area contributed by atoms with Crippen LogP contribution in [0.4, 0.5) is 5.69 Å². The number of aromatic nitrogens is 2. The van der Waals surface area contributed by atoms with Crippen molar-refractivity contribution < 1.29 is 9.90 Å². The van der Waals surface area contributed by atoms with E-state index in [9.17, 15) is 4.79 Å². The minimum Gasteiger partial charge on any atom is -0.477 e. The van der Waals surface area contributed by atoms with Gasteiger partial charge in [0.2, 0.25) is 0 Å². The molecule has 0 aliphatic heterocycles. The van der Waals surface area contributed by atoms with E-state index >= 15 is 0 Å². The first-order valence-electron chi connectivity index (χ1n) is 5.08. The van der Waals surface area contributed by atoms with E-state index in [2.05, 4.69) is 15.3 Å². The van der Waals surface area contributed by atoms with Crippen molar-refractivity contribution in [2.24, 2.45) is 0 Å². The lowest BCUT2D eigenvalue weighted by Crippen LogP contribution is -2.03. The van der Waals surface area contributed by atoms with Crippen molar-refractivity contribution >= 4 is 11.7 Å². The van der Waals surface area contributed by atoms with Gasteiger partial charge in [0.05, 0.1) is 11.9 Å². The number of nitrogens with one attached hydrogen (secondary N) is 1. The van der Waals surface area contributed by atoms with Gasteiger partial charge in [-0.25, -0.2) is 9.78 Å². The van der Waals surface area contributed by atoms with Crippen LogP contribution in [-0.4, -0.2) is 21.0 Å². The second-order valence-corrected chi connectivity index (χ2v) is 3.45. The Kier molecular flexibility index (Phi) is 3.30. The minimum atomic E-state index is -1.02. The smallest absolute Gasteiger partial charge is 0.354 e. The summed E-state index contributed by atoms with van der Waals surface area (Å²) in [6.45, 7) is 0.649. The molecule has 0 fully saturated rings.